The Kier molecular flexibility index (Phi) is 8.38. The van der Waals surface area contributed by atoms with Crippen LogP contribution in [0.25, 0.3) is 0 Å². The second kappa shape index (κ2) is 10.9. The lowest BCUT2D eigenvalue weighted by molar-refractivity contribution is 0.123. The highest BCUT2D eigenvalue weighted by molar-refractivity contribution is 5.79. The molecule has 0 amide bonds. The Morgan fingerprint density at radius 2 is 2.21 bits per heavy atom. The van der Waals surface area contributed by atoms with Gasteiger partial charge < -0.3 is 20.1 Å². The van der Waals surface area contributed by atoms with Crippen LogP contribution >= 0.6 is 0 Å². The van der Waals surface area contributed by atoms with Crippen LogP contribution in [0.5, 0.6) is 5.88 Å². The van der Waals surface area contributed by atoms with E-state index in [1.54, 1.807) is 6.20 Å². The molecule has 0 aromatic carbocycles. The molecule has 6 heteroatoms. The zero-order valence-electron chi connectivity index (χ0n) is 14.9. The smallest absolute Gasteiger partial charge is 0.213 e. The number of hydrogen-bond donors (Lipinski definition) is 2. The maximum Gasteiger partial charge on any atom is 0.213 e. The van der Waals surface area contributed by atoms with Crippen molar-refractivity contribution in [3.05, 3.63) is 23.9 Å². The van der Waals surface area contributed by atoms with Gasteiger partial charge in [0.05, 0.1) is 13.2 Å². The summed E-state index contributed by atoms with van der Waals surface area (Å²) in [5.41, 5.74) is 1.08. The number of nitrogens with zero attached hydrogens (tertiary/aromatic N) is 2. The largest absolute Gasteiger partial charge is 0.478 e. The van der Waals surface area contributed by atoms with Crippen molar-refractivity contribution in [3.8, 4) is 5.88 Å². The highest BCUT2D eigenvalue weighted by Crippen LogP contribution is 2.28. The minimum Gasteiger partial charge on any atom is -0.478 e. The zero-order chi connectivity index (χ0) is 17.0. The monoisotopic (exact) mass is 334 g/mol. The average molecular weight is 334 g/mol. The summed E-state index contributed by atoms with van der Waals surface area (Å²) in [6, 6.07) is 3.89. The Morgan fingerprint density at radius 3 is 2.96 bits per heavy atom. The van der Waals surface area contributed by atoms with E-state index < -0.39 is 0 Å². The number of pyridine rings is 1. The fraction of sp³-hybridized carbons (Fsp3) is 0.667. The fourth-order valence-corrected chi connectivity index (χ4v) is 2.20. The molecular formula is C18H30N4O2. The van der Waals surface area contributed by atoms with Crippen molar-refractivity contribution in [2.24, 2.45) is 10.9 Å². The Labute approximate surface area is 145 Å². The molecule has 24 heavy (non-hydrogen) atoms. The molecule has 1 aliphatic carbocycles. The first-order valence-corrected chi connectivity index (χ1v) is 8.99. The highest BCUT2D eigenvalue weighted by atomic mass is 16.5. The standard InChI is InChI=1S/C18H30N4O2/c1-3-19-18(21-9-5-11-23-14-15-6-7-15)22-13-16-8-10-20-17(12-16)24-4-2/h8,10,12,15H,3-7,9,11,13-14H2,1-2H3,(H2,19,21,22). The van der Waals surface area contributed by atoms with Crippen molar-refractivity contribution in [3.63, 3.8) is 0 Å². The Bertz CT molecular complexity index is 504. The molecule has 0 atom stereocenters. The normalized spacial score (nSPS) is 14.5. The van der Waals surface area contributed by atoms with Crippen LogP contribution in [-0.4, -0.2) is 43.9 Å². The van der Waals surface area contributed by atoms with Crippen LogP contribution in [0.3, 0.4) is 0 Å². The predicted octanol–water partition coefficient (Wildman–Crippen LogP) is 2.35. The second-order valence-corrected chi connectivity index (χ2v) is 5.93. The summed E-state index contributed by atoms with van der Waals surface area (Å²) >= 11 is 0. The van der Waals surface area contributed by atoms with E-state index in [1.807, 2.05) is 19.1 Å². The predicted molar refractivity (Wildman–Crippen MR) is 96.4 cm³/mol. The third-order valence-electron chi connectivity index (χ3n) is 3.66. The first-order valence-electron chi connectivity index (χ1n) is 8.99. The minimum absolute atomic E-state index is 0.593. The number of aromatic nitrogens is 1. The quantitative estimate of drug-likeness (QED) is 0.369. The molecule has 0 spiro atoms. The van der Waals surface area contributed by atoms with Crippen molar-refractivity contribution in [2.75, 3.05) is 32.9 Å². The van der Waals surface area contributed by atoms with Gasteiger partial charge in [0.15, 0.2) is 5.96 Å². The maximum atomic E-state index is 5.64. The van der Waals surface area contributed by atoms with Gasteiger partial charge in [-0.3, -0.25) is 0 Å². The summed E-state index contributed by atoms with van der Waals surface area (Å²) in [5.74, 6) is 2.31. The molecule has 2 N–H and O–H groups in total. The van der Waals surface area contributed by atoms with Crippen LogP contribution in [0.1, 0.15) is 38.7 Å². The Balaban J connectivity index is 1.71. The first-order chi connectivity index (χ1) is 11.8. The van der Waals surface area contributed by atoms with Gasteiger partial charge >= 0.3 is 0 Å². The van der Waals surface area contributed by atoms with E-state index in [1.165, 1.54) is 12.8 Å². The fourth-order valence-electron chi connectivity index (χ4n) is 2.20. The second-order valence-electron chi connectivity index (χ2n) is 5.93. The maximum absolute atomic E-state index is 5.64. The summed E-state index contributed by atoms with van der Waals surface area (Å²) in [6.45, 7) is 8.66. The van der Waals surface area contributed by atoms with Gasteiger partial charge in [0.1, 0.15) is 0 Å². The molecule has 1 aromatic rings. The summed E-state index contributed by atoms with van der Waals surface area (Å²) in [6.07, 6.45) is 5.43. The lowest BCUT2D eigenvalue weighted by Crippen LogP contribution is -2.38. The van der Waals surface area contributed by atoms with Crippen LogP contribution in [0.4, 0.5) is 0 Å². The van der Waals surface area contributed by atoms with E-state index in [0.29, 0.717) is 19.0 Å². The number of guanidine groups is 1. The summed E-state index contributed by atoms with van der Waals surface area (Å²) in [4.78, 5) is 8.78. The SMILES string of the molecule is CCNC(=NCc1ccnc(OCC)c1)NCCCOCC1CC1. The molecule has 1 saturated carbocycles. The van der Waals surface area contributed by atoms with Crippen LogP contribution in [0, 0.1) is 5.92 Å². The van der Waals surface area contributed by atoms with Crippen LogP contribution in [-0.2, 0) is 11.3 Å². The third-order valence-corrected chi connectivity index (χ3v) is 3.66. The lowest BCUT2D eigenvalue weighted by atomic mass is 10.3. The van der Waals surface area contributed by atoms with Gasteiger partial charge in [-0.15, -0.1) is 0 Å². The topological polar surface area (TPSA) is 67.8 Å². The van der Waals surface area contributed by atoms with E-state index in [0.717, 1.165) is 50.2 Å². The van der Waals surface area contributed by atoms with Gasteiger partial charge in [-0.25, -0.2) is 9.98 Å². The number of aliphatic imine (C=N–C) groups is 1. The summed E-state index contributed by atoms with van der Waals surface area (Å²) < 4.78 is 11.1. The van der Waals surface area contributed by atoms with Gasteiger partial charge in [-0.05, 0) is 50.7 Å². The summed E-state index contributed by atoms with van der Waals surface area (Å²) in [7, 11) is 0. The molecule has 0 aliphatic heterocycles. The van der Waals surface area contributed by atoms with Gasteiger partial charge in [-0.1, -0.05) is 0 Å². The first kappa shape index (κ1) is 18.5. The average Bonchev–Trinajstić information content (AvgIpc) is 3.40. The van der Waals surface area contributed by atoms with Crippen molar-refractivity contribution in [1.82, 2.24) is 15.6 Å². The molecule has 1 aliphatic rings. The number of rotatable bonds is 11. The Hall–Kier alpha value is -1.82. The van der Waals surface area contributed by atoms with Gasteiger partial charge in [0.2, 0.25) is 5.88 Å². The number of nitrogens with one attached hydrogen (secondary N) is 2. The molecule has 6 nitrogen and oxygen atoms in total. The van der Waals surface area contributed by atoms with Crippen molar-refractivity contribution < 1.29 is 9.47 Å². The van der Waals surface area contributed by atoms with Gasteiger partial charge in [0.25, 0.3) is 0 Å². The molecule has 0 saturated heterocycles. The molecule has 0 radical (unpaired) electrons. The van der Waals surface area contributed by atoms with Gasteiger partial charge in [-0.2, -0.15) is 0 Å². The van der Waals surface area contributed by atoms with Crippen molar-refractivity contribution >= 4 is 5.96 Å². The minimum atomic E-state index is 0.593. The van der Waals surface area contributed by atoms with Crippen molar-refractivity contribution in [1.29, 1.82) is 0 Å². The van der Waals surface area contributed by atoms with E-state index in [-0.39, 0.29) is 0 Å². The van der Waals surface area contributed by atoms with Crippen LogP contribution in [0.2, 0.25) is 0 Å². The number of hydrogen-bond acceptors (Lipinski definition) is 4. The van der Waals surface area contributed by atoms with Crippen LogP contribution < -0.4 is 15.4 Å². The molecule has 2 rings (SSSR count). The van der Waals surface area contributed by atoms with Crippen molar-refractivity contribution in [2.45, 2.75) is 39.7 Å². The molecule has 1 aromatic heterocycles. The van der Waals surface area contributed by atoms with Gasteiger partial charge in [0, 0.05) is 38.6 Å². The molecule has 0 unspecified atom stereocenters. The van der Waals surface area contributed by atoms with E-state index in [4.69, 9.17) is 9.47 Å². The molecule has 0 bridgehead atoms. The lowest BCUT2D eigenvalue weighted by Gasteiger charge is -2.11. The summed E-state index contributed by atoms with van der Waals surface area (Å²) in [5, 5.41) is 6.61. The van der Waals surface area contributed by atoms with E-state index in [9.17, 15) is 0 Å². The zero-order valence-corrected chi connectivity index (χ0v) is 14.9. The highest BCUT2D eigenvalue weighted by Gasteiger charge is 2.20. The number of ether oxygens (including phenoxy) is 2. The molecule has 1 fully saturated rings. The molecule has 1 heterocycles. The molecular weight excluding hydrogens is 304 g/mol. The van der Waals surface area contributed by atoms with Crippen LogP contribution in [0.15, 0.2) is 23.3 Å². The Morgan fingerprint density at radius 1 is 1.33 bits per heavy atom. The molecule has 134 valence electrons. The van der Waals surface area contributed by atoms with E-state index in [2.05, 4.69) is 27.5 Å². The third kappa shape index (κ3) is 7.64. The van der Waals surface area contributed by atoms with E-state index >= 15 is 0 Å².